The van der Waals surface area contributed by atoms with Crippen molar-refractivity contribution in [2.45, 2.75) is 116 Å². The van der Waals surface area contributed by atoms with Crippen LogP contribution in [0.1, 0.15) is 130 Å². The summed E-state index contributed by atoms with van der Waals surface area (Å²) in [7, 11) is 0. The van der Waals surface area contributed by atoms with Crippen LogP contribution in [0.15, 0.2) is 58.9 Å². The van der Waals surface area contributed by atoms with Crippen molar-refractivity contribution in [2.24, 2.45) is 0 Å². The van der Waals surface area contributed by atoms with Crippen LogP contribution >= 0.6 is 11.3 Å². The minimum Gasteiger partial charge on any atom is -0.377 e. The van der Waals surface area contributed by atoms with Crippen molar-refractivity contribution in [1.82, 2.24) is 34.6 Å². The summed E-state index contributed by atoms with van der Waals surface area (Å²) in [6.07, 6.45) is 16.8. The zero-order valence-corrected chi connectivity index (χ0v) is 38.5. The zero-order chi connectivity index (χ0) is 46.9. The summed E-state index contributed by atoms with van der Waals surface area (Å²) in [5.74, 6) is -0.0345. The van der Waals surface area contributed by atoms with Gasteiger partial charge in [0.1, 0.15) is 11.5 Å². The number of anilines is 4. The number of Topliss-reactive ketones (excluding diaryl/α,β-unsaturated/α-hetero) is 1. The fourth-order valence-corrected chi connectivity index (χ4v) is 9.74. The van der Waals surface area contributed by atoms with Crippen LogP contribution in [-0.2, 0) is 9.59 Å². The van der Waals surface area contributed by atoms with Crippen LogP contribution in [0.2, 0.25) is 0 Å². The number of aromatic nitrogens is 4. The van der Waals surface area contributed by atoms with Gasteiger partial charge in [-0.05, 0) is 87.6 Å². The van der Waals surface area contributed by atoms with Crippen LogP contribution in [0.25, 0.3) is 11.0 Å². The van der Waals surface area contributed by atoms with Crippen molar-refractivity contribution >= 4 is 73.5 Å². The molecule has 1 saturated heterocycles. The predicted molar refractivity (Wildman–Crippen MR) is 254 cm³/mol. The Bertz CT molecular complexity index is 2610. The number of rotatable bonds is 19. The van der Waals surface area contributed by atoms with E-state index < -0.39 is 10.8 Å². The number of nitro groups is 1. The maximum atomic E-state index is 13.6. The number of hydrogen-bond donors (Lipinski definition) is 5. The number of nitrogens with one attached hydrogen (secondary N) is 4. The fourth-order valence-electron chi connectivity index (χ4n) is 9.05. The number of dihydropyridines is 1. The molecular weight excluding hydrogens is 865 g/mol. The summed E-state index contributed by atoms with van der Waals surface area (Å²) >= 11 is 0.656. The van der Waals surface area contributed by atoms with E-state index in [1.807, 2.05) is 11.0 Å². The standard InChI is InChI=1S/C46H58N12O7S/c1-28-33-27-48-45(53-41(33)57(31-15-11-12-16-31)43(63)39(28)30(3)59)51-36-22-21-35(29(2)49-36)55-23-25-56(26-24-55)38(61)20-10-8-6-4-5-7-9-19-37(60)50-34-18-14-13-17-32(34)42(62)54-46-52-40(47)44(66-46)58(64)65/h13-14,17-18,21-22,27,29,31,49H,4-12,15-16,19-20,23-26,47H2,1-3H3,(H,50,60)(H,48,51,53)(H,52,54,62). The number of carbonyl (C=O) groups excluding carboxylic acids is 4. The molecule has 1 unspecified atom stereocenters. The van der Waals surface area contributed by atoms with E-state index in [1.165, 1.54) is 6.92 Å². The number of nitrogens with two attached hydrogens (primary N) is 1. The molecule has 3 aliphatic rings. The van der Waals surface area contributed by atoms with Crippen molar-refractivity contribution < 1.29 is 24.1 Å². The maximum absolute atomic E-state index is 13.6. The number of benzene rings is 1. The van der Waals surface area contributed by atoms with Crippen LogP contribution in [-0.4, -0.2) is 90.0 Å². The number of hydrogen-bond acceptors (Lipinski definition) is 15. The number of nitrogen functional groups attached to an aromatic ring is 1. The van der Waals surface area contributed by atoms with E-state index >= 15 is 0 Å². The number of allylic oxidation sites excluding steroid dienone is 2. The smallest absolute Gasteiger partial charge is 0.369 e. The Morgan fingerprint density at radius 1 is 0.939 bits per heavy atom. The van der Waals surface area contributed by atoms with E-state index in [9.17, 15) is 34.1 Å². The highest BCUT2D eigenvalue weighted by Gasteiger charge is 2.28. The Morgan fingerprint density at radius 2 is 1.62 bits per heavy atom. The first-order chi connectivity index (χ1) is 31.8. The molecule has 19 nitrogen and oxygen atoms in total. The summed E-state index contributed by atoms with van der Waals surface area (Å²) in [6.45, 7) is 8.13. The topological polar surface area (TPSA) is 253 Å². The van der Waals surface area contributed by atoms with Crippen molar-refractivity contribution in [1.29, 1.82) is 0 Å². The Kier molecular flexibility index (Phi) is 15.4. The molecule has 3 amide bonds. The minimum atomic E-state index is -0.662. The molecule has 2 aliphatic heterocycles. The molecule has 7 rings (SSSR count). The number of para-hydroxylation sites is 1. The number of pyridine rings is 1. The first-order valence-corrected chi connectivity index (χ1v) is 23.6. The van der Waals surface area contributed by atoms with Crippen molar-refractivity contribution in [3.8, 4) is 0 Å². The highest BCUT2D eigenvalue weighted by molar-refractivity contribution is 7.19. The molecule has 0 bridgehead atoms. The van der Waals surface area contributed by atoms with Gasteiger partial charge in [0.15, 0.2) is 10.9 Å². The molecule has 3 aromatic heterocycles. The lowest BCUT2D eigenvalue weighted by Gasteiger charge is -2.40. The lowest BCUT2D eigenvalue weighted by atomic mass is 10.0. The Morgan fingerprint density at radius 3 is 2.29 bits per heavy atom. The molecule has 1 aliphatic carbocycles. The average Bonchev–Trinajstić information content (AvgIpc) is 3.95. The van der Waals surface area contributed by atoms with Gasteiger partial charge in [-0.25, -0.2) is 4.98 Å². The molecule has 1 saturated carbocycles. The summed E-state index contributed by atoms with van der Waals surface area (Å²) < 4.78 is 1.71. The lowest BCUT2D eigenvalue weighted by molar-refractivity contribution is -0.379. The molecule has 66 heavy (non-hydrogen) atoms. The van der Waals surface area contributed by atoms with Crippen molar-refractivity contribution in [2.75, 3.05) is 47.9 Å². The molecule has 6 N–H and O–H groups in total. The van der Waals surface area contributed by atoms with Gasteiger partial charge in [-0.1, -0.05) is 57.1 Å². The van der Waals surface area contributed by atoms with Gasteiger partial charge < -0.3 is 31.5 Å². The van der Waals surface area contributed by atoms with Gasteiger partial charge in [0, 0.05) is 62.3 Å². The van der Waals surface area contributed by atoms with Gasteiger partial charge in [0.2, 0.25) is 23.6 Å². The monoisotopic (exact) mass is 922 g/mol. The number of nitrogens with zero attached hydrogens (tertiary/aromatic N) is 7. The van der Waals surface area contributed by atoms with E-state index in [0.717, 1.165) is 88.8 Å². The van der Waals surface area contributed by atoms with Gasteiger partial charge in [0.25, 0.3) is 11.5 Å². The number of thiazole rings is 1. The molecule has 0 radical (unpaired) electrons. The van der Waals surface area contributed by atoms with Crippen LogP contribution < -0.4 is 32.6 Å². The number of carbonyl (C=O) groups is 4. The number of piperazine rings is 1. The van der Waals surface area contributed by atoms with E-state index in [2.05, 4.69) is 49.1 Å². The molecule has 20 heteroatoms. The van der Waals surface area contributed by atoms with Crippen LogP contribution in [0, 0.1) is 17.0 Å². The largest absolute Gasteiger partial charge is 0.377 e. The molecule has 1 atom stereocenters. The Balaban J connectivity index is 0.788. The quantitative estimate of drug-likeness (QED) is 0.0274. The number of fused-ring (bicyclic) bond motifs is 1. The van der Waals surface area contributed by atoms with Gasteiger partial charge in [-0.15, -0.1) is 0 Å². The normalized spacial score (nSPS) is 16.4. The second-order valence-corrected chi connectivity index (χ2v) is 18.1. The third kappa shape index (κ3) is 11.2. The van der Waals surface area contributed by atoms with Gasteiger partial charge in [-0.3, -0.25) is 44.0 Å². The second-order valence-electron chi connectivity index (χ2n) is 17.1. The number of ketones is 1. The third-order valence-corrected chi connectivity index (χ3v) is 13.4. The lowest BCUT2D eigenvalue weighted by Crippen LogP contribution is -2.51. The number of aryl methyl sites for hydroxylation is 1. The zero-order valence-electron chi connectivity index (χ0n) is 37.7. The van der Waals surface area contributed by atoms with Gasteiger partial charge >= 0.3 is 5.00 Å². The van der Waals surface area contributed by atoms with Crippen LogP contribution in [0.4, 0.5) is 27.6 Å². The number of amides is 3. The highest BCUT2D eigenvalue weighted by atomic mass is 32.1. The molecule has 4 aromatic rings. The fraction of sp³-hybridized carbons (Fsp3) is 0.478. The van der Waals surface area contributed by atoms with Crippen LogP contribution in [0.5, 0.6) is 0 Å². The summed E-state index contributed by atoms with van der Waals surface area (Å²) in [4.78, 5) is 92.7. The van der Waals surface area contributed by atoms with Gasteiger partial charge in [-0.2, -0.15) is 9.97 Å². The molecule has 1 aromatic carbocycles. The Labute approximate surface area is 386 Å². The van der Waals surface area contributed by atoms with E-state index in [0.29, 0.717) is 71.9 Å². The third-order valence-electron chi connectivity index (χ3n) is 12.5. The predicted octanol–water partition coefficient (Wildman–Crippen LogP) is 7.04. The van der Waals surface area contributed by atoms with E-state index in [4.69, 9.17) is 10.7 Å². The van der Waals surface area contributed by atoms with E-state index in [-0.39, 0.29) is 62.3 Å². The summed E-state index contributed by atoms with van der Waals surface area (Å²) in [6, 6.07) is 6.50. The molecule has 2 fully saturated rings. The summed E-state index contributed by atoms with van der Waals surface area (Å²) in [5, 5.41) is 23.5. The summed E-state index contributed by atoms with van der Waals surface area (Å²) in [5.41, 5.74) is 8.32. The van der Waals surface area contributed by atoms with Gasteiger partial charge in [0.05, 0.1) is 27.8 Å². The SMILES string of the molecule is CC(=O)c1c(C)c2cnc(NC3=CC=C(N4CCN(C(=O)CCCCCCCCCC(=O)Nc5ccccc5C(=O)Nc5nc(N)c([N+](=O)[O-])s5)CC4)C(C)N3)nc2n(C2CCCC2)c1=O. The maximum Gasteiger partial charge on any atom is 0.369 e. The second kappa shape index (κ2) is 21.5. The molecular formula is C46H58N12O7S. The first kappa shape index (κ1) is 47.3. The van der Waals surface area contributed by atoms with Crippen molar-refractivity contribution in [3.63, 3.8) is 0 Å². The number of unbranched alkanes of at least 4 members (excludes halogenated alkanes) is 6. The first-order valence-electron chi connectivity index (χ1n) is 22.8. The van der Waals surface area contributed by atoms with Crippen LogP contribution in [0.3, 0.4) is 0 Å². The Hall–Kier alpha value is -6.70. The highest BCUT2D eigenvalue weighted by Crippen LogP contribution is 2.34. The molecule has 5 heterocycles. The van der Waals surface area contributed by atoms with Crippen molar-refractivity contribution in [3.05, 3.63) is 91.3 Å². The molecule has 350 valence electrons. The minimum absolute atomic E-state index is 0.0000663. The molecule has 0 spiro atoms. The average molecular weight is 923 g/mol. The van der Waals surface area contributed by atoms with E-state index in [1.54, 1.807) is 42.0 Å².